The molecule has 1 amide bonds. The van der Waals surface area contributed by atoms with Gasteiger partial charge in [0.2, 0.25) is 0 Å². The first-order valence-electron chi connectivity index (χ1n) is 7.10. The van der Waals surface area contributed by atoms with E-state index in [4.69, 9.17) is 0 Å². The van der Waals surface area contributed by atoms with Crippen LogP contribution in [0.3, 0.4) is 0 Å². The summed E-state index contributed by atoms with van der Waals surface area (Å²) in [6, 6.07) is 4.51. The lowest BCUT2D eigenvalue weighted by Crippen LogP contribution is -2.52. The van der Waals surface area contributed by atoms with Crippen molar-refractivity contribution in [3.05, 3.63) is 35.1 Å². The molecule has 0 heterocycles. The Labute approximate surface area is 128 Å². The Balaban J connectivity index is 2.14. The van der Waals surface area contributed by atoms with Crippen LogP contribution in [0, 0.1) is 18.7 Å². The first-order chi connectivity index (χ1) is 9.46. The molecule has 2 unspecified atom stereocenters. The summed E-state index contributed by atoms with van der Waals surface area (Å²) in [7, 11) is 0. The van der Waals surface area contributed by atoms with Gasteiger partial charge in [0.15, 0.2) is 0 Å². The summed E-state index contributed by atoms with van der Waals surface area (Å²) in [4.78, 5) is 12.4. The molecule has 2 nitrogen and oxygen atoms in total. The zero-order chi connectivity index (χ0) is 14.8. The second-order valence-corrected chi connectivity index (χ2v) is 6.59. The largest absolute Gasteiger partial charge is 0.346 e. The van der Waals surface area contributed by atoms with Crippen LogP contribution in [0.1, 0.15) is 48.5 Å². The summed E-state index contributed by atoms with van der Waals surface area (Å²) >= 11 is 3.55. The molecule has 0 radical (unpaired) electrons. The number of nitrogens with one attached hydrogen (secondary N) is 1. The molecule has 1 aromatic carbocycles. The van der Waals surface area contributed by atoms with E-state index in [9.17, 15) is 9.18 Å². The summed E-state index contributed by atoms with van der Waals surface area (Å²) in [5.41, 5.74) is 0.863. The van der Waals surface area contributed by atoms with Crippen LogP contribution in [-0.4, -0.2) is 16.8 Å². The van der Waals surface area contributed by atoms with Gasteiger partial charge in [0, 0.05) is 10.9 Å². The van der Waals surface area contributed by atoms with Gasteiger partial charge >= 0.3 is 0 Å². The van der Waals surface area contributed by atoms with Crippen molar-refractivity contribution in [2.24, 2.45) is 5.92 Å². The highest BCUT2D eigenvalue weighted by atomic mass is 79.9. The maximum absolute atomic E-state index is 13.3. The Bertz CT molecular complexity index is 505. The third-order valence-electron chi connectivity index (χ3n) is 4.15. The van der Waals surface area contributed by atoms with E-state index in [2.05, 4.69) is 28.2 Å². The molecule has 1 saturated carbocycles. The lowest BCUT2D eigenvalue weighted by molar-refractivity contribution is 0.0869. The lowest BCUT2D eigenvalue weighted by Gasteiger charge is -2.39. The second kappa shape index (κ2) is 6.25. The number of aryl methyl sites for hydroxylation is 1. The van der Waals surface area contributed by atoms with Crippen LogP contribution < -0.4 is 5.32 Å². The zero-order valence-corrected chi connectivity index (χ0v) is 13.6. The molecule has 1 aliphatic rings. The Kier molecular flexibility index (Phi) is 4.84. The van der Waals surface area contributed by atoms with Gasteiger partial charge in [-0.2, -0.15) is 0 Å². The second-order valence-electron chi connectivity index (χ2n) is 6.03. The van der Waals surface area contributed by atoms with Gasteiger partial charge in [0.25, 0.3) is 5.91 Å². The predicted octanol–water partition coefficient (Wildman–Crippen LogP) is 4.21. The molecule has 1 aromatic rings. The van der Waals surface area contributed by atoms with Crippen molar-refractivity contribution >= 4 is 21.8 Å². The van der Waals surface area contributed by atoms with Gasteiger partial charge in [-0.1, -0.05) is 35.7 Å². The van der Waals surface area contributed by atoms with Crippen LogP contribution in [0.2, 0.25) is 0 Å². The number of hydrogen-bond donors (Lipinski definition) is 1. The number of rotatable bonds is 3. The molecule has 0 aliphatic heterocycles. The minimum atomic E-state index is -0.275. The van der Waals surface area contributed by atoms with Gasteiger partial charge in [-0.3, -0.25) is 4.79 Å². The average Bonchev–Trinajstić information content (AvgIpc) is 2.41. The van der Waals surface area contributed by atoms with E-state index in [-0.39, 0.29) is 17.3 Å². The quantitative estimate of drug-likeness (QED) is 0.820. The molecule has 0 aromatic heterocycles. The van der Waals surface area contributed by atoms with Crippen molar-refractivity contribution in [1.82, 2.24) is 5.32 Å². The van der Waals surface area contributed by atoms with Crippen molar-refractivity contribution in [1.29, 1.82) is 0 Å². The monoisotopic (exact) mass is 341 g/mol. The van der Waals surface area contributed by atoms with Crippen molar-refractivity contribution in [3.63, 3.8) is 0 Å². The Morgan fingerprint density at radius 3 is 2.90 bits per heavy atom. The van der Waals surface area contributed by atoms with Crippen LogP contribution in [0.4, 0.5) is 4.39 Å². The number of hydrogen-bond acceptors (Lipinski definition) is 1. The van der Waals surface area contributed by atoms with Gasteiger partial charge in [0.1, 0.15) is 5.82 Å². The molecule has 110 valence electrons. The Morgan fingerprint density at radius 2 is 2.30 bits per heavy atom. The molecule has 4 heteroatoms. The third kappa shape index (κ3) is 3.40. The molecule has 0 spiro atoms. The molecule has 2 rings (SSSR count). The van der Waals surface area contributed by atoms with E-state index >= 15 is 0 Å². The molecule has 0 saturated heterocycles. The molecule has 0 bridgehead atoms. The van der Waals surface area contributed by atoms with Gasteiger partial charge in [-0.25, -0.2) is 4.39 Å². The van der Waals surface area contributed by atoms with Crippen LogP contribution >= 0.6 is 15.9 Å². The normalized spacial score (nSPS) is 26.3. The fourth-order valence-corrected chi connectivity index (χ4v) is 3.68. The first kappa shape index (κ1) is 15.5. The van der Waals surface area contributed by atoms with Crippen molar-refractivity contribution < 1.29 is 9.18 Å². The smallest absolute Gasteiger partial charge is 0.251 e. The highest BCUT2D eigenvalue weighted by Gasteiger charge is 2.35. The summed E-state index contributed by atoms with van der Waals surface area (Å²) < 4.78 is 13.3. The molecule has 1 N–H and O–H groups in total. The topological polar surface area (TPSA) is 29.1 Å². The average molecular weight is 342 g/mol. The van der Waals surface area contributed by atoms with Crippen molar-refractivity contribution in [2.75, 3.05) is 5.33 Å². The molecular weight excluding hydrogens is 321 g/mol. The minimum Gasteiger partial charge on any atom is -0.346 e. The van der Waals surface area contributed by atoms with Crippen LogP contribution in [-0.2, 0) is 0 Å². The molecular formula is C16H21BrFNO. The van der Waals surface area contributed by atoms with Gasteiger partial charge in [0.05, 0.1) is 5.54 Å². The van der Waals surface area contributed by atoms with Crippen LogP contribution in [0.15, 0.2) is 18.2 Å². The molecule has 1 aliphatic carbocycles. The summed E-state index contributed by atoms with van der Waals surface area (Å²) in [5.74, 6) is 0.237. The van der Waals surface area contributed by atoms with Crippen LogP contribution in [0.25, 0.3) is 0 Å². The summed E-state index contributed by atoms with van der Waals surface area (Å²) in [6.45, 7) is 3.90. The van der Waals surface area contributed by atoms with E-state index < -0.39 is 0 Å². The molecule has 1 fully saturated rings. The lowest BCUT2D eigenvalue weighted by atomic mass is 9.77. The molecule has 2 atom stereocenters. The minimum absolute atomic E-state index is 0.110. The third-order valence-corrected chi connectivity index (χ3v) is 5.22. The van der Waals surface area contributed by atoms with Crippen LogP contribution in [0.5, 0.6) is 0 Å². The van der Waals surface area contributed by atoms with Crippen molar-refractivity contribution in [2.45, 2.75) is 45.1 Å². The summed E-state index contributed by atoms with van der Waals surface area (Å²) in [5, 5.41) is 3.93. The fraction of sp³-hybridized carbons (Fsp3) is 0.562. The highest BCUT2D eigenvalue weighted by molar-refractivity contribution is 9.09. The van der Waals surface area contributed by atoms with E-state index in [0.29, 0.717) is 17.0 Å². The van der Waals surface area contributed by atoms with E-state index in [0.717, 1.165) is 24.6 Å². The molecule has 20 heavy (non-hydrogen) atoms. The number of benzene rings is 1. The maximum atomic E-state index is 13.3. The number of carbonyl (C=O) groups is 1. The zero-order valence-electron chi connectivity index (χ0n) is 12.0. The SMILES string of the molecule is Cc1cc(C(=O)NC2(CBr)CCCC(C)C2)ccc1F. The Morgan fingerprint density at radius 1 is 1.55 bits per heavy atom. The van der Waals surface area contributed by atoms with Gasteiger partial charge in [-0.05, 0) is 49.4 Å². The number of halogens is 2. The first-order valence-corrected chi connectivity index (χ1v) is 8.22. The van der Waals surface area contributed by atoms with Gasteiger partial charge in [-0.15, -0.1) is 0 Å². The number of amides is 1. The highest BCUT2D eigenvalue weighted by Crippen LogP contribution is 2.33. The van der Waals surface area contributed by atoms with E-state index in [1.54, 1.807) is 19.1 Å². The fourth-order valence-electron chi connectivity index (χ4n) is 3.03. The maximum Gasteiger partial charge on any atom is 0.251 e. The standard InChI is InChI=1S/C16H21BrFNO/c1-11-4-3-7-16(9-11,10-17)19-15(20)13-5-6-14(18)12(2)8-13/h5-6,8,11H,3-4,7,9-10H2,1-2H3,(H,19,20). The summed E-state index contributed by atoms with van der Waals surface area (Å²) in [6.07, 6.45) is 4.34. The van der Waals surface area contributed by atoms with Gasteiger partial charge < -0.3 is 5.32 Å². The number of carbonyl (C=O) groups excluding carboxylic acids is 1. The van der Waals surface area contributed by atoms with E-state index in [1.807, 2.05) is 0 Å². The predicted molar refractivity (Wildman–Crippen MR) is 82.8 cm³/mol. The van der Waals surface area contributed by atoms with E-state index in [1.165, 1.54) is 12.5 Å². The van der Waals surface area contributed by atoms with Crippen molar-refractivity contribution in [3.8, 4) is 0 Å². The number of alkyl halides is 1. The Hall–Kier alpha value is -0.900.